The number of carbonyl (C=O) groups is 4. The Morgan fingerprint density at radius 2 is 0.860 bits per heavy atom. The largest absolute Gasteiger partial charge is 0.489 e. The lowest BCUT2D eigenvalue weighted by molar-refractivity contribution is -0.142. The van der Waals surface area contributed by atoms with E-state index in [1.165, 1.54) is 0 Å². The lowest BCUT2D eigenvalue weighted by Gasteiger charge is -2.18. The van der Waals surface area contributed by atoms with Crippen LogP contribution in [0.25, 0.3) is 22.3 Å². The van der Waals surface area contributed by atoms with Crippen molar-refractivity contribution < 1.29 is 47.6 Å². The van der Waals surface area contributed by atoms with Gasteiger partial charge in [-0.25, -0.2) is 19.2 Å². The summed E-state index contributed by atoms with van der Waals surface area (Å²) in [6.07, 6.45) is -1.56. The van der Waals surface area contributed by atoms with E-state index in [2.05, 4.69) is 13.2 Å². The number of hydrogen-bond donors (Lipinski definition) is 2. The van der Waals surface area contributed by atoms with Gasteiger partial charge in [0.15, 0.2) is 12.2 Å². The Morgan fingerprint density at radius 3 is 1.20 bits per heavy atom. The minimum Gasteiger partial charge on any atom is -0.489 e. The third kappa shape index (κ3) is 13.3. The van der Waals surface area contributed by atoms with Crippen molar-refractivity contribution in [3.8, 4) is 33.8 Å². The van der Waals surface area contributed by atoms with Crippen LogP contribution in [-0.2, 0) is 28.5 Å². The van der Waals surface area contributed by atoms with Crippen molar-refractivity contribution in [1.82, 2.24) is 0 Å². The van der Waals surface area contributed by atoms with E-state index < -0.39 is 36.3 Å². The number of ether oxygens (including phenoxy) is 6. The Balaban J connectivity index is 0.000000270. The summed E-state index contributed by atoms with van der Waals surface area (Å²) in [5, 5.41) is 0. The summed E-state index contributed by atoms with van der Waals surface area (Å²) >= 11 is 0. The highest BCUT2D eigenvalue weighted by Crippen LogP contribution is 2.30. The minimum absolute atomic E-state index is 0.0167. The van der Waals surface area contributed by atoms with Gasteiger partial charge in [-0.3, -0.25) is 0 Å². The number of para-hydroxylation sites is 2. The molecule has 0 aliphatic heterocycles. The van der Waals surface area contributed by atoms with E-state index in [1.54, 1.807) is 12.1 Å². The van der Waals surface area contributed by atoms with Gasteiger partial charge in [0, 0.05) is 23.3 Å². The van der Waals surface area contributed by atoms with Crippen molar-refractivity contribution in [3.63, 3.8) is 0 Å². The maximum atomic E-state index is 11.2. The van der Waals surface area contributed by atoms with E-state index in [0.29, 0.717) is 11.5 Å². The number of amides is 2. The average molecular weight is 683 g/mol. The number of primary amides is 2. The van der Waals surface area contributed by atoms with Crippen LogP contribution in [0.15, 0.2) is 135 Å². The smallest absolute Gasteiger partial charge is 0.405 e. The van der Waals surface area contributed by atoms with Gasteiger partial charge in [0.05, 0.1) is 0 Å². The number of nitrogens with two attached hydrogens (primary N) is 2. The highest BCUT2D eigenvalue weighted by Gasteiger charge is 2.18. The summed E-state index contributed by atoms with van der Waals surface area (Å²) < 4.78 is 31.1. The van der Waals surface area contributed by atoms with Gasteiger partial charge in [-0.15, -0.1) is 0 Å². The molecule has 4 aromatic carbocycles. The number of esters is 2. The normalized spacial score (nSPS) is 11.2. The molecule has 12 heteroatoms. The molecule has 0 saturated heterocycles. The number of benzene rings is 4. The van der Waals surface area contributed by atoms with Gasteiger partial charge in [-0.05, 0) is 23.3 Å². The Kier molecular flexibility index (Phi) is 15.6. The van der Waals surface area contributed by atoms with Gasteiger partial charge in [-0.1, -0.05) is 110 Å². The van der Waals surface area contributed by atoms with Crippen molar-refractivity contribution in [2.24, 2.45) is 11.5 Å². The number of carbonyl (C=O) groups excluding carboxylic acids is 4. The SMILES string of the molecule is C=CC(=O)OCC(COc1ccccc1-c1ccccc1)OC(N)=O.C=CC(=O)OCC(COc1ccccc1-c1ccccc1)OC(N)=O. The molecule has 2 unspecified atom stereocenters. The lowest BCUT2D eigenvalue weighted by atomic mass is 10.1. The molecule has 0 spiro atoms. The molecule has 0 aliphatic carbocycles. The minimum atomic E-state index is -0.973. The molecule has 12 nitrogen and oxygen atoms in total. The first-order valence-corrected chi connectivity index (χ1v) is 15.2. The Morgan fingerprint density at radius 1 is 0.520 bits per heavy atom. The fourth-order valence-electron chi connectivity index (χ4n) is 4.29. The van der Waals surface area contributed by atoms with Crippen LogP contribution >= 0.6 is 0 Å². The predicted octanol–water partition coefficient (Wildman–Crippen LogP) is 5.85. The summed E-state index contributed by atoms with van der Waals surface area (Å²) in [6.45, 7) is 6.21. The lowest BCUT2D eigenvalue weighted by Crippen LogP contribution is -2.32. The fraction of sp³-hybridized carbons (Fsp3) is 0.158. The molecule has 260 valence electrons. The van der Waals surface area contributed by atoms with E-state index in [-0.39, 0.29) is 26.4 Å². The second-order valence-electron chi connectivity index (χ2n) is 10.1. The molecule has 0 aliphatic rings. The van der Waals surface area contributed by atoms with Crippen LogP contribution in [0, 0.1) is 0 Å². The summed E-state index contributed by atoms with van der Waals surface area (Å²) in [7, 11) is 0. The highest BCUT2D eigenvalue weighted by molar-refractivity contribution is 5.81. The van der Waals surface area contributed by atoms with E-state index in [4.69, 9.17) is 39.9 Å². The maximum absolute atomic E-state index is 11.2. The first-order valence-electron chi connectivity index (χ1n) is 15.2. The molecule has 0 heterocycles. The first kappa shape index (κ1) is 37.9. The second kappa shape index (κ2) is 20.6. The summed E-state index contributed by atoms with van der Waals surface area (Å²) in [4.78, 5) is 44.3. The molecule has 4 rings (SSSR count). The standard InChI is InChI=1S/2C19H19NO5/c2*1-2-18(21)24-13-15(25-19(20)22)12-23-17-11-7-6-10-16(17)14-8-4-3-5-9-14/h2*2-11,15H,1,12-13H2,(H2,20,22). The second-order valence-corrected chi connectivity index (χ2v) is 10.1. The third-order valence-corrected chi connectivity index (χ3v) is 6.52. The predicted molar refractivity (Wildman–Crippen MR) is 186 cm³/mol. The molecular formula is C38H38N2O10. The number of rotatable bonds is 16. The average Bonchev–Trinajstić information content (AvgIpc) is 3.14. The molecule has 0 bridgehead atoms. The van der Waals surface area contributed by atoms with E-state index in [9.17, 15) is 19.2 Å². The molecule has 2 amide bonds. The van der Waals surface area contributed by atoms with Crippen LogP contribution in [0.4, 0.5) is 9.59 Å². The molecule has 2 atom stereocenters. The van der Waals surface area contributed by atoms with Crippen molar-refractivity contribution >= 4 is 24.1 Å². The van der Waals surface area contributed by atoms with Crippen LogP contribution in [0.1, 0.15) is 0 Å². The van der Waals surface area contributed by atoms with E-state index in [0.717, 1.165) is 34.4 Å². The Bertz CT molecular complexity index is 1590. The van der Waals surface area contributed by atoms with E-state index >= 15 is 0 Å². The fourth-order valence-corrected chi connectivity index (χ4v) is 4.29. The van der Waals surface area contributed by atoms with Crippen molar-refractivity contribution in [2.45, 2.75) is 12.2 Å². The van der Waals surface area contributed by atoms with Crippen LogP contribution < -0.4 is 20.9 Å². The Labute approximate surface area is 289 Å². The van der Waals surface area contributed by atoms with Crippen molar-refractivity contribution in [1.29, 1.82) is 0 Å². The molecule has 4 N–H and O–H groups in total. The third-order valence-electron chi connectivity index (χ3n) is 6.52. The van der Waals surface area contributed by atoms with Crippen LogP contribution in [-0.4, -0.2) is 62.8 Å². The van der Waals surface area contributed by atoms with E-state index in [1.807, 2.05) is 97.1 Å². The molecule has 0 saturated carbocycles. The Hall–Kier alpha value is -6.56. The summed E-state index contributed by atoms with van der Waals surface area (Å²) in [6, 6.07) is 34.4. The topological polar surface area (TPSA) is 176 Å². The van der Waals surface area contributed by atoms with Gasteiger partial charge in [0.2, 0.25) is 0 Å². The van der Waals surface area contributed by atoms with Gasteiger partial charge >= 0.3 is 24.1 Å². The zero-order chi connectivity index (χ0) is 36.1. The van der Waals surface area contributed by atoms with Crippen LogP contribution in [0.5, 0.6) is 11.5 Å². The quantitative estimate of drug-likeness (QED) is 0.0828. The highest BCUT2D eigenvalue weighted by atomic mass is 16.6. The van der Waals surface area contributed by atoms with Gasteiger partial charge in [0.25, 0.3) is 0 Å². The zero-order valence-electron chi connectivity index (χ0n) is 27.2. The van der Waals surface area contributed by atoms with Crippen molar-refractivity contribution in [3.05, 3.63) is 135 Å². The van der Waals surface area contributed by atoms with Gasteiger partial charge in [0.1, 0.15) is 37.9 Å². The molecule has 0 fully saturated rings. The molecule has 50 heavy (non-hydrogen) atoms. The molecule has 0 radical (unpaired) electrons. The molecule has 4 aromatic rings. The zero-order valence-corrected chi connectivity index (χ0v) is 27.2. The number of hydrogen-bond acceptors (Lipinski definition) is 10. The summed E-state index contributed by atoms with van der Waals surface area (Å²) in [5.74, 6) is -0.0193. The van der Waals surface area contributed by atoms with Gasteiger partial charge in [-0.2, -0.15) is 0 Å². The maximum Gasteiger partial charge on any atom is 0.405 e. The first-order chi connectivity index (χ1) is 24.2. The monoisotopic (exact) mass is 682 g/mol. The summed E-state index contributed by atoms with van der Waals surface area (Å²) in [5.41, 5.74) is 13.9. The molecular weight excluding hydrogens is 644 g/mol. The van der Waals surface area contributed by atoms with Crippen molar-refractivity contribution in [2.75, 3.05) is 26.4 Å². The van der Waals surface area contributed by atoms with Crippen LogP contribution in [0.3, 0.4) is 0 Å². The molecule has 0 aromatic heterocycles. The van der Waals surface area contributed by atoms with Gasteiger partial charge < -0.3 is 39.9 Å². The van der Waals surface area contributed by atoms with Crippen LogP contribution in [0.2, 0.25) is 0 Å².